The molecule has 1 fully saturated rings. The van der Waals surface area contributed by atoms with E-state index in [1.165, 1.54) is 6.07 Å². The van der Waals surface area contributed by atoms with Crippen LogP contribution in [0.3, 0.4) is 0 Å². The zero-order chi connectivity index (χ0) is 20.5. The predicted molar refractivity (Wildman–Crippen MR) is 106 cm³/mol. The van der Waals surface area contributed by atoms with Crippen LogP contribution in [0.5, 0.6) is 0 Å². The van der Waals surface area contributed by atoms with Crippen molar-refractivity contribution in [3.63, 3.8) is 0 Å². The van der Waals surface area contributed by atoms with E-state index in [4.69, 9.17) is 11.6 Å². The number of pyridine rings is 1. The molecule has 3 rings (SSSR count). The number of hydrogen-bond donors (Lipinski definition) is 1. The summed E-state index contributed by atoms with van der Waals surface area (Å²) in [7, 11) is 0. The van der Waals surface area contributed by atoms with E-state index >= 15 is 0 Å². The molecular weight excluding hydrogens is 381 g/mol. The quantitative estimate of drug-likeness (QED) is 0.772. The Balaban J connectivity index is 1.98. The van der Waals surface area contributed by atoms with Crippen molar-refractivity contribution in [2.45, 2.75) is 32.7 Å². The Kier molecular flexibility index (Phi) is 5.39. The molecule has 0 bridgehead atoms. The van der Waals surface area contributed by atoms with Crippen molar-refractivity contribution in [1.82, 2.24) is 10.3 Å². The number of imide groups is 1. The molecule has 144 valence electrons. The van der Waals surface area contributed by atoms with Crippen molar-refractivity contribution < 1.29 is 14.0 Å². The van der Waals surface area contributed by atoms with Gasteiger partial charge in [0.25, 0.3) is 0 Å². The second-order valence-electron chi connectivity index (χ2n) is 7.07. The first-order valence-electron chi connectivity index (χ1n) is 8.81. The summed E-state index contributed by atoms with van der Waals surface area (Å²) in [4.78, 5) is 30.2. The SMILES string of the molecule is CCC1C(=O)N(c2c(F)cc(C#Cc3cccnc3)cc2Cl)C(=O)NC1(C)C. The number of aromatic nitrogens is 1. The molecule has 1 atom stereocenters. The number of nitrogens with zero attached hydrogens (tertiary/aromatic N) is 2. The summed E-state index contributed by atoms with van der Waals surface area (Å²) in [6, 6.07) is 5.41. The summed E-state index contributed by atoms with van der Waals surface area (Å²) >= 11 is 6.25. The Morgan fingerprint density at radius 2 is 2.00 bits per heavy atom. The van der Waals surface area contributed by atoms with Crippen LogP contribution in [0.15, 0.2) is 36.7 Å². The van der Waals surface area contributed by atoms with Gasteiger partial charge in [-0.1, -0.05) is 30.4 Å². The van der Waals surface area contributed by atoms with E-state index in [2.05, 4.69) is 22.1 Å². The van der Waals surface area contributed by atoms with Gasteiger partial charge in [-0.05, 0) is 44.5 Å². The third kappa shape index (κ3) is 3.71. The molecule has 1 aliphatic heterocycles. The van der Waals surface area contributed by atoms with Gasteiger partial charge < -0.3 is 5.32 Å². The van der Waals surface area contributed by atoms with Gasteiger partial charge in [-0.15, -0.1) is 0 Å². The van der Waals surface area contributed by atoms with Gasteiger partial charge in [0.15, 0.2) is 0 Å². The van der Waals surface area contributed by atoms with Crippen molar-refractivity contribution in [2.75, 3.05) is 4.90 Å². The molecule has 1 aromatic heterocycles. The summed E-state index contributed by atoms with van der Waals surface area (Å²) in [5, 5.41) is 2.70. The number of carbonyl (C=O) groups excluding carboxylic acids is 2. The maximum atomic E-state index is 14.9. The Morgan fingerprint density at radius 1 is 1.29 bits per heavy atom. The Bertz CT molecular complexity index is 973. The maximum absolute atomic E-state index is 14.9. The Labute approximate surface area is 167 Å². The molecule has 2 heterocycles. The number of anilines is 1. The average molecular weight is 400 g/mol. The average Bonchev–Trinajstić information content (AvgIpc) is 2.62. The fraction of sp³-hybridized carbons (Fsp3) is 0.286. The Morgan fingerprint density at radius 3 is 2.61 bits per heavy atom. The minimum Gasteiger partial charge on any atom is -0.332 e. The molecular formula is C21H19ClFN3O2. The first kappa shape index (κ1) is 19.8. The minimum absolute atomic E-state index is 0.0615. The standard InChI is InChI=1S/C21H19ClFN3O2/c1-4-15-19(27)26(20(28)25-21(15,2)3)18-16(22)10-14(11-17(18)23)8-7-13-6-5-9-24-12-13/h5-6,9-12,15H,4H2,1-3H3,(H,25,28). The molecule has 1 saturated heterocycles. The minimum atomic E-state index is -0.791. The highest BCUT2D eigenvalue weighted by Gasteiger charge is 2.46. The first-order chi connectivity index (χ1) is 13.2. The van der Waals surface area contributed by atoms with Crippen LogP contribution < -0.4 is 10.2 Å². The number of rotatable bonds is 2. The van der Waals surface area contributed by atoms with Gasteiger partial charge in [0.05, 0.1) is 10.9 Å². The van der Waals surface area contributed by atoms with Gasteiger partial charge in [-0.2, -0.15) is 0 Å². The van der Waals surface area contributed by atoms with E-state index in [0.717, 1.165) is 11.0 Å². The summed E-state index contributed by atoms with van der Waals surface area (Å²) in [5.41, 5.74) is 0.0106. The number of urea groups is 1. The summed E-state index contributed by atoms with van der Waals surface area (Å²) in [6.45, 7) is 5.38. The van der Waals surface area contributed by atoms with E-state index in [9.17, 15) is 14.0 Å². The van der Waals surface area contributed by atoms with E-state index in [-0.39, 0.29) is 10.7 Å². The van der Waals surface area contributed by atoms with Gasteiger partial charge >= 0.3 is 6.03 Å². The fourth-order valence-electron chi connectivity index (χ4n) is 3.31. The lowest BCUT2D eigenvalue weighted by Crippen LogP contribution is -2.65. The van der Waals surface area contributed by atoms with Crippen LogP contribution in [0.2, 0.25) is 5.02 Å². The van der Waals surface area contributed by atoms with Crippen molar-refractivity contribution in [1.29, 1.82) is 0 Å². The molecule has 0 radical (unpaired) electrons. The highest BCUT2D eigenvalue weighted by atomic mass is 35.5. The second-order valence-corrected chi connectivity index (χ2v) is 7.47. The lowest BCUT2D eigenvalue weighted by molar-refractivity contribution is -0.125. The smallest absolute Gasteiger partial charge is 0.329 e. The molecule has 0 aliphatic carbocycles. The number of amides is 3. The fourth-order valence-corrected chi connectivity index (χ4v) is 3.60. The highest BCUT2D eigenvalue weighted by molar-refractivity contribution is 6.35. The monoisotopic (exact) mass is 399 g/mol. The van der Waals surface area contributed by atoms with Crippen molar-refractivity contribution >= 4 is 29.2 Å². The Hall–Kier alpha value is -2.91. The zero-order valence-corrected chi connectivity index (χ0v) is 16.5. The van der Waals surface area contributed by atoms with E-state index in [0.29, 0.717) is 17.5 Å². The van der Waals surface area contributed by atoms with Crippen molar-refractivity contribution in [2.24, 2.45) is 5.92 Å². The molecule has 1 unspecified atom stereocenters. The normalized spacial score (nSPS) is 18.3. The van der Waals surface area contributed by atoms with Gasteiger partial charge in [0, 0.05) is 29.1 Å². The van der Waals surface area contributed by atoms with Crippen LogP contribution in [-0.4, -0.2) is 22.5 Å². The molecule has 3 amide bonds. The largest absolute Gasteiger partial charge is 0.332 e. The molecule has 0 spiro atoms. The van der Waals surface area contributed by atoms with Gasteiger partial charge in [0.1, 0.15) is 11.5 Å². The number of carbonyl (C=O) groups is 2. The van der Waals surface area contributed by atoms with Crippen LogP contribution in [-0.2, 0) is 4.79 Å². The topological polar surface area (TPSA) is 62.3 Å². The molecule has 28 heavy (non-hydrogen) atoms. The molecule has 2 aromatic rings. The molecule has 1 aliphatic rings. The van der Waals surface area contributed by atoms with Crippen LogP contribution in [0.25, 0.3) is 0 Å². The number of hydrogen-bond acceptors (Lipinski definition) is 3. The molecule has 0 saturated carbocycles. The van der Waals surface area contributed by atoms with Crippen LogP contribution >= 0.6 is 11.6 Å². The maximum Gasteiger partial charge on any atom is 0.329 e. The van der Waals surface area contributed by atoms with Gasteiger partial charge in [0.2, 0.25) is 5.91 Å². The third-order valence-electron chi connectivity index (χ3n) is 4.68. The second kappa shape index (κ2) is 7.61. The lowest BCUT2D eigenvalue weighted by atomic mass is 9.82. The lowest BCUT2D eigenvalue weighted by Gasteiger charge is -2.42. The van der Waals surface area contributed by atoms with Crippen molar-refractivity contribution in [3.8, 4) is 11.8 Å². The van der Waals surface area contributed by atoms with Gasteiger partial charge in [-0.3, -0.25) is 9.78 Å². The van der Waals surface area contributed by atoms with E-state index in [1.54, 1.807) is 38.4 Å². The van der Waals surface area contributed by atoms with Crippen LogP contribution in [0, 0.1) is 23.6 Å². The van der Waals surface area contributed by atoms with Gasteiger partial charge in [-0.25, -0.2) is 14.1 Å². The number of halogens is 2. The van der Waals surface area contributed by atoms with E-state index < -0.39 is 29.2 Å². The third-order valence-corrected chi connectivity index (χ3v) is 4.97. The molecule has 7 heteroatoms. The highest BCUT2D eigenvalue weighted by Crippen LogP contribution is 2.36. The van der Waals surface area contributed by atoms with Crippen LogP contribution in [0.4, 0.5) is 14.9 Å². The molecule has 1 aromatic carbocycles. The number of nitrogens with one attached hydrogen (secondary N) is 1. The summed E-state index contributed by atoms with van der Waals surface area (Å²) in [5.74, 6) is 3.91. The summed E-state index contributed by atoms with van der Waals surface area (Å²) in [6.07, 6.45) is 3.71. The number of benzene rings is 1. The molecule has 5 nitrogen and oxygen atoms in total. The van der Waals surface area contributed by atoms with Crippen LogP contribution in [0.1, 0.15) is 38.3 Å². The summed E-state index contributed by atoms with van der Waals surface area (Å²) < 4.78 is 14.9. The first-order valence-corrected chi connectivity index (χ1v) is 9.19. The zero-order valence-electron chi connectivity index (χ0n) is 15.7. The predicted octanol–water partition coefficient (Wildman–Crippen LogP) is 4.13. The van der Waals surface area contributed by atoms with E-state index in [1.807, 2.05) is 6.92 Å². The van der Waals surface area contributed by atoms with Crippen molar-refractivity contribution in [3.05, 3.63) is 58.6 Å². The molecule has 1 N–H and O–H groups in total.